The Morgan fingerprint density at radius 3 is 2.72 bits per heavy atom. The van der Waals surface area contributed by atoms with E-state index in [-0.39, 0.29) is 5.91 Å². The Morgan fingerprint density at radius 1 is 1.28 bits per heavy atom. The molecule has 0 fully saturated rings. The van der Waals surface area contributed by atoms with Crippen molar-refractivity contribution in [2.75, 3.05) is 0 Å². The number of carbonyl (C=O) groups excluding carboxylic acids is 1. The summed E-state index contributed by atoms with van der Waals surface area (Å²) < 4.78 is 0. The Hall–Kier alpha value is -1.32. The normalized spacial score (nSPS) is 10.3. The van der Waals surface area contributed by atoms with Gasteiger partial charge in [0.15, 0.2) is 0 Å². The summed E-state index contributed by atoms with van der Waals surface area (Å²) in [5, 5.41) is 3.47. The van der Waals surface area contributed by atoms with Gasteiger partial charge in [0.2, 0.25) is 0 Å². The average molecular weight is 280 g/mol. The van der Waals surface area contributed by atoms with Gasteiger partial charge in [-0.2, -0.15) is 0 Å². The number of carbonyl (C=O) groups is 1. The first-order chi connectivity index (χ1) is 8.69. The topological polar surface area (TPSA) is 29.1 Å². The van der Waals surface area contributed by atoms with Crippen molar-refractivity contribution < 1.29 is 4.79 Å². The van der Waals surface area contributed by atoms with Gasteiger partial charge < -0.3 is 5.32 Å². The Bertz CT molecular complexity index is 550. The minimum absolute atomic E-state index is 0.0936. The largest absolute Gasteiger partial charge is 0.347 e. The fourth-order valence-corrected chi connectivity index (χ4v) is 2.69. The molecule has 0 spiro atoms. The van der Waals surface area contributed by atoms with Gasteiger partial charge in [0.1, 0.15) is 0 Å². The summed E-state index contributed by atoms with van der Waals surface area (Å²) in [5.74, 6) is -0.0936. The van der Waals surface area contributed by atoms with Gasteiger partial charge in [-0.1, -0.05) is 24.6 Å². The van der Waals surface area contributed by atoms with Crippen molar-refractivity contribution in [1.82, 2.24) is 5.32 Å². The molecule has 1 N–H and O–H groups in total. The van der Waals surface area contributed by atoms with E-state index >= 15 is 0 Å². The number of aryl methyl sites for hydroxylation is 1. The van der Waals surface area contributed by atoms with Gasteiger partial charge in [0.25, 0.3) is 5.91 Å². The van der Waals surface area contributed by atoms with Crippen LogP contribution < -0.4 is 5.32 Å². The van der Waals surface area contributed by atoms with Crippen LogP contribution in [-0.4, -0.2) is 5.91 Å². The van der Waals surface area contributed by atoms with Crippen LogP contribution in [0.15, 0.2) is 36.4 Å². The van der Waals surface area contributed by atoms with Crippen LogP contribution in [0.2, 0.25) is 5.02 Å². The number of benzene rings is 1. The zero-order valence-electron chi connectivity index (χ0n) is 10.1. The maximum Gasteiger partial charge on any atom is 0.251 e. The fraction of sp³-hybridized carbons (Fsp3) is 0.214. The van der Waals surface area contributed by atoms with E-state index in [4.69, 9.17) is 11.6 Å². The van der Waals surface area contributed by atoms with Gasteiger partial charge >= 0.3 is 0 Å². The summed E-state index contributed by atoms with van der Waals surface area (Å²) in [4.78, 5) is 14.4. The second-order valence-electron chi connectivity index (χ2n) is 3.91. The van der Waals surface area contributed by atoms with E-state index in [1.807, 2.05) is 0 Å². The molecule has 0 aliphatic heterocycles. The van der Waals surface area contributed by atoms with Crippen molar-refractivity contribution in [1.29, 1.82) is 0 Å². The first-order valence-corrected chi connectivity index (χ1v) is 7.00. The molecular weight excluding hydrogens is 266 g/mol. The van der Waals surface area contributed by atoms with Crippen LogP contribution >= 0.6 is 22.9 Å². The van der Waals surface area contributed by atoms with Gasteiger partial charge in [-0.3, -0.25) is 4.79 Å². The summed E-state index contributed by atoms with van der Waals surface area (Å²) >= 11 is 7.58. The quantitative estimate of drug-likeness (QED) is 0.904. The van der Waals surface area contributed by atoms with E-state index in [2.05, 4.69) is 24.4 Å². The van der Waals surface area contributed by atoms with E-state index in [9.17, 15) is 4.79 Å². The van der Waals surface area contributed by atoms with E-state index in [1.165, 1.54) is 9.75 Å². The maximum absolute atomic E-state index is 11.9. The van der Waals surface area contributed by atoms with E-state index in [1.54, 1.807) is 35.6 Å². The zero-order chi connectivity index (χ0) is 13.0. The van der Waals surface area contributed by atoms with Gasteiger partial charge in [0.05, 0.1) is 6.54 Å². The van der Waals surface area contributed by atoms with Gasteiger partial charge in [-0.15, -0.1) is 11.3 Å². The van der Waals surface area contributed by atoms with Crippen molar-refractivity contribution in [2.24, 2.45) is 0 Å². The minimum Gasteiger partial charge on any atom is -0.347 e. The van der Waals surface area contributed by atoms with Crippen molar-refractivity contribution in [3.05, 3.63) is 56.7 Å². The van der Waals surface area contributed by atoms with Gasteiger partial charge in [-0.05, 0) is 36.8 Å². The van der Waals surface area contributed by atoms with Crippen LogP contribution in [-0.2, 0) is 13.0 Å². The lowest BCUT2D eigenvalue weighted by molar-refractivity contribution is 0.0951. The third kappa shape index (κ3) is 3.34. The third-order valence-electron chi connectivity index (χ3n) is 2.58. The molecule has 0 bridgehead atoms. The SMILES string of the molecule is CCc1ccc(CNC(=O)c2cccc(Cl)c2)s1. The van der Waals surface area contributed by atoms with Crippen LogP contribution in [0.3, 0.4) is 0 Å². The monoisotopic (exact) mass is 279 g/mol. The Balaban J connectivity index is 1.96. The van der Waals surface area contributed by atoms with Gasteiger partial charge in [0, 0.05) is 20.3 Å². The molecule has 1 aromatic heterocycles. The number of thiophene rings is 1. The molecule has 1 heterocycles. The molecule has 0 saturated heterocycles. The van der Waals surface area contributed by atoms with Crippen LogP contribution in [0.5, 0.6) is 0 Å². The summed E-state index contributed by atoms with van der Waals surface area (Å²) in [7, 11) is 0. The molecule has 4 heteroatoms. The molecule has 2 nitrogen and oxygen atoms in total. The van der Waals surface area contributed by atoms with Crippen LogP contribution in [0, 0.1) is 0 Å². The maximum atomic E-state index is 11.9. The van der Waals surface area contributed by atoms with Crippen molar-refractivity contribution in [3.8, 4) is 0 Å². The molecular formula is C14H14ClNOS. The van der Waals surface area contributed by atoms with Crippen LogP contribution in [0.25, 0.3) is 0 Å². The highest BCUT2D eigenvalue weighted by Gasteiger charge is 2.06. The van der Waals surface area contributed by atoms with Crippen LogP contribution in [0.1, 0.15) is 27.0 Å². The molecule has 1 amide bonds. The highest BCUT2D eigenvalue weighted by molar-refractivity contribution is 7.11. The predicted octanol–water partition coefficient (Wildman–Crippen LogP) is 3.89. The molecule has 0 aliphatic carbocycles. The molecule has 2 rings (SSSR count). The minimum atomic E-state index is -0.0936. The summed E-state index contributed by atoms with van der Waals surface area (Å²) in [6.45, 7) is 2.69. The molecule has 0 saturated carbocycles. The molecule has 0 unspecified atom stereocenters. The number of hydrogen-bond donors (Lipinski definition) is 1. The highest BCUT2D eigenvalue weighted by atomic mass is 35.5. The zero-order valence-corrected chi connectivity index (χ0v) is 11.6. The molecule has 0 atom stereocenters. The molecule has 94 valence electrons. The Kier molecular flexibility index (Phi) is 4.39. The lowest BCUT2D eigenvalue weighted by Gasteiger charge is -2.03. The molecule has 1 aromatic carbocycles. The highest BCUT2D eigenvalue weighted by Crippen LogP contribution is 2.17. The fourth-order valence-electron chi connectivity index (χ4n) is 1.61. The average Bonchev–Trinajstić information content (AvgIpc) is 2.84. The number of nitrogens with one attached hydrogen (secondary N) is 1. The molecule has 0 radical (unpaired) electrons. The second-order valence-corrected chi connectivity index (χ2v) is 5.60. The predicted molar refractivity (Wildman–Crippen MR) is 76.3 cm³/mol. The molecule has 18 heavy (non-hydrogen) atoms. The first-order valence-electron chi connectivity index (χ1n) is 5.80. The first kappa shape index (κ1) is 13.1. The van der Waals surface area contributed by atoms with Crippen molar-refractivity contribution in [3.63, 3.8) is 0 Å². The number of hydrogen-bond acceptors (Lipinski definition) is 2. The van der Waals surface area contributed by atoms with E-state index < -0.39 is 0 Å². The Labute approximate surface area is 116 Å². The van der Waals surface area contributed by atoms with Crippen molar-refractivity contribution >= 4 is 28.8 Å². The van der Waals surface area contributed by atoms with E-state index in [0.29, 0.717) is 17.1 Å². The van der Waals surface area contributed by atoms with Crippen LogP contribution in [0.4, 0.5) is 0 Å². The number of halogens is 1. The summed E-state index contributed by atoms with van der Waals surface area (Å²) in [5.41, 5.74) is 0.592. The molecule has 0 aliphatic rings. The summed E-state index contributed by atoms with van der Waals surface area (Å²) in [6.07, 6.45) is 1.03. The summed E-state index contributed by atoms with van der Waals surface area (Å²) in [6, 6.07) is 11.1. The second kappa shape index (κ2) is 6.03. The standard InChI is InChI=1S/C14H14ClNOS/c1-2-12-6-7-13(18-12)9-16-14(17)10-4-3-5-11(15)8-10/h3-8H,2,9H2,1H3,(H,16,17). The molecule has 2 aromatic rings. The number of amides is 1. The Morgan fingerprint density at radius 2 is 2.06 bits per heavy atom. The third-order valence-corrected chi connectivity index (χ3v) is 4.04. The van der Waals surface area contributed by atoms with E-state index in [0.717, 1.165) is 6.42 Å². The van der Waals surface area contributed by atoms with Crippen molar-refractivity contribution in [2.45, 2.75) is 19.9 Å². The smallest absolute Gasteiger partial charge is 0.251 e. The lowest BCUT2D eigenvalue weighted by atomic mass is 10.2. The van der Waals surface area contributed by atoms with Gasteiger partial charge in [-0.25, -0.2) is 0 Å². The lowest BCUT2D eigenvalue weighted by Crippen LogP contribution is -2.22. The number of rotatable bonds is 4.